The van der Waals surface area contributed by atoms with Crippen molar-refractivity contribution in [3.63, 3.8) is 0 Å². The number of hydrogen-bond donors (Lipinski definition) is 0. The molecule has 0 fully saturated rings. The first-order chi connectivity index (χ1) is 7.70. The van der Waals surface area contributed by atoms with Gasteiger partial charge in [0.15, 0.2) is 0 Å². The van der Waals surface area contributed by atoms with E-state index in [1.54, 1.807) is 0 Å². The maximum atomic E-state index is 11.1. The molecular weight excluding hydrogens is 200 g/mol. The molecule has 0 aliphatic heterocycles. The Hall–Kier alpha value is -1.15. The van der Waals surface area contributed by atoms with Gasteiger partial charge in [-0.2, -0.15) is 0 Å². The van der Waals surface area contributed by atoms with Gasteiger partial charge in [0.1, 0.15) is 12.4 Å². The molecule has 16 heavy (non-hydrogen) atoms. The summed E-state index contributed by atoms with van der Waals surface area (Å²) >= 11 is 0. The molecule has 1 aromatic carbocycles. The predicted octanol–water partition coefficient (Wildman–Crippen LogP) is 2.39. The van der Waals surface area contributed by atoms with Crippen LogP contribution in [0.25, 0.3) is 0 Å². The smallest absolute Gasteiger partial charge is 0.149 e. The molecule has 1 aliphatic rings. The van der Waals surface area contributed by atoms with E-state index in [1.165, 1.54) is 11.1 Å². The number of fused-ring (bicyclic) bond motifs is 1. The highest BCUT2D eigenvalue weighted by Crippen LogP contribution is 2.29. The van der Waals surface area contributed by atoms with Gasteiger partial charge in [-0.3, -0.25) is 0 Å². The number of hydrogen-bond acceptors (Lipinski definition) is 2. The lowest BCUT2D eigenvalue weighted by molar-refractivity contribution is -0.124. The minimum Gasteiger partial charge on any atom is -0.368 e. The minimum atomic E-state index is -0.257. The summed E-state index contributed by atoms with van der Waals surface area (Å²) in [5.41, 5.74) is 2.73. The molecule has 0 heterocycles. The van der Waals surface area contributed by atoms with E-state index in [0.29, 0.717) is 5.92 Å². The van der Waals surface area contributed by atoms with Crippen LogP contribution in [0.1, 0.15) is 25.0 Å². The van der Waals surface area contributed by atoms with Crippen LogP contribution in [0.15, 0.2) is 24.3 Å². The fourth-order valence-electron chi connectivity index (χ4n) is 2.39. The standard InChI is InChI=1S/C14H18O2/c1-10(2)16-14(9-15)13-7-11-5-3-4-6-12(11)8-13/h3-6,9-10,13-14H,7-8H2,1-2H3. The highest BCUT2D eigenvalue weighted by Gasteiger charge is 2.29. The second kappa shape index (κ2) is 4.79. The number of ether oxygens (including phenoxy) is 1. The van der Waals surface area contributed by atoms with Crippen LogP contribution in [-0.2, 0) is 22.4 Å². The largest absolute Gasteiger partial charge is 0.368 e. The van der Waals surface area contributed by atoms with Crippen molar-refractivity contribution in [2.75, 3.05) is 0 Å². The van der Waals surface area contributed by atoms with Crippen LogP contribution in [0, 0.1) is 5.92 Å². The topological polar surface area (TPSA) is 26.3 Å². The summed E-state index contributed by atoms with van der Waals surface area (Å²) in [6, 6.07) is 8.40. The second-order valence-electron chi connectivity index (χ2n) is 4.72. The lowest BCUT2D eigenvalue weighted by Gasteiger charge is -2.20. The van der Waals surface area contributed by atoms with Crippen LogP contribution in [0.5, 0.6) is 0 Å². The molecule has 0 saturated heterocycles. The molecule has 0 radical (unpaired) electrons. The van der Waals surface area contributed by atoms with E-state index < -0.39 is 0 Å². The third kappa shape index (κ3) is 2.33. The summed E-state index contributed by atoms with van der Waals surface area (Å²) in [5.74, 6) is 0.317. The predicted molar refractivity (Wildman–Crippen MR) is 63.4 cm³/mol. The quantitative estimate of drug-likeness (QED) is 0.725. The van der Waals surface area contributed by atoms with Crippen molar-refractivity contribution in [2.45, 2.75) is 38.9 Å². The Morgan fingerprint density at radius 1 is 1.25 bits per heavy atom. The van der Waals surface area contributed by atoms with Crippen LogP contribution in [0.3, 0.4) is 0 Å². The molecule has 1 atom stereocenters. The van der Waals surface area contributed by atoms with E-state index in [0.717, 1.165) is 19.1 Å². The van der Waals surface area contributed by atoms with E-state index in [9.17, 15) is 4.79 Å². The first kappa shape index (κ1) is 11.3. The maximum Gasteiger partial charge on any atom is 0.149 e. The van der Waals surface area contributed by atoms with Gasteiger partial charge >= 0.3 is 0 Å². The minimum absolute atomic E-state index is 0.110. The molecular formula is C14H18O2. The van der Waals surface area contributed by atoms with Crippen molar-refractivity contribution in [3.8, 4) is 0 Å². The third-order valence-electron chi connectivity index (χ3n) is 3.11. The molecule has 0 saturated carbocycles. The molecule has 0 bridgehead atoms. The monoisotopic (exact) mass is 218 g/mol. The average Bonchev–Trinajstić information content (AvgIpc) is 2.68. The normalized spacial score (nSPS) is 17.4. The van der Waals surface area contributed by atoms with E-state index in [4.69, 9.17) is 4.74 Å². The van der Waals surface area contributed by atoms with Gasteiger partial charge in [0.05, 0.1) is 6.10 Å². The van der Waals surface area contributed by atoms with Crippen molar-refractivity contribution < 1.29 is 9.53 Å². The molecule has 1 aliphatic carbocycles. The van der Waals surface area contributed by atoms with Gasteiger partial charge in [0, 0.05) is 5.92 Å². The summed E-state index contributed by atoms with van der Waals surface area (Å²) in [5, 5.41) is 0. The Morgan fingerprint density at radius 2 is 1.81 bits per heavy atom. The molecule has 2 nitrogen and oxygen atoms in total. The van der Waals surface area contributed by atoms with Gasteiger partial charge in [-0.05, 0) is 37.8 Å². The zero-order valence-electron chi connectivity index (χ0n) is 9.85. The molecule has 0 N–H and O–H groups in total. The van der Waals surface area contributed by atoms with Crippen LogP contribution in [0.2, 0.25) is 0 Å². The number of carbonyl (C=O) groups excluding carboxylic acids is 1. The number of aldehydes is 1. The molecule has 1 aromatic rings. The van der Waals surface area contributed by atoms with Crippen LogP contribution in [-0.4, -0.2) is 18.5 Å². The second-order valence-corrected chi connectivity index (χ2v) is 4.72. The van der Waals surface area contributed by atoms with E-state index >= 15 is 0 Å². The van der Waals surface area contributed by atoms with Crippen LogP contribution < -0.4 is 0 Å². The van der Waals surface area contributed by atoms with Crippen LogP contribution in [0.4, 0.5) is 0 Å². The zero-order chi connectivity index (χ0) is 11.5. The highest BCUT2D eigenvalue weighted by molar-refractivity contribution is 5.57. The number of rotatable bonds is 4. The Labute approximate surface area is 96.6 Å². The lowest BCUT2D eigenvalue weighted by atomic mass is 10.00. The first-order valence-corrected chi connectivity index (χ1v) is 5.88. The summed E-state index contributed by atoms with van der Waals surface area (Å²) in [6.45, 7) is 3.94. The average molecular weight is 218 g/mol. The van der Waals surface area contributed by atoms with Gasteiger partial charge in [0.2, 0.25) is 0 Å². The molecule has 0 amide bonds. The van der Waals surface area contributed by atoms with Crippen molar-refractivity contribution >= 4 is 6.29 Å². The van der Waals surface area contributed by atoms with Crippen molar-refractivity contribution in [3.05, 3.63) is 35.4 Å². The SMILES string of the molecule is CC(C)OC(C=O)C1Cc2ccccc2C1. The molecule has 1 unspecified atom stereocenters. The molecule has 2 heteroatoms. The van der Waals surface area contributed by atoms with Gasteiger partial charge < -0.3 is 9.53 Å². The maximum absolute atomic E-state index is 11.1. The van der Waals surface area contributed by atoms with E-state index in [2.05, 4.69) is 24.3 Å². The highest BCUT2D eigenvalue weighted by atomic mass is 16.5. The summed E-state index contributed by atoms with van der Waals surface area (Å²) < 4.78 is 5.65. The van der Waals surface area contributed by atoms with E-state index in [1.807, 2.05) is 13.8 Å². The van der Waals surface area contributed by atoms with Gasteiger partial charge in [-0.1, -0.05) is 24.3 Å². The summed E-state index contributed by atoms with van der Waals surface area (Å²) in [4.78, 5) is 11.1. The van der Waals surface area contributed by atoms with E-state index in [-0.39, 0.29) is 12.2 Å². The Morgan fingerprint density at radius 3 is 2.25 bits per heavy atom. The molecule has 0 aromatic heterocycles. The van der Waals surface area contributed by atoms with Gasteiger partial charge in [0.25, 0.3) is 0 Å². The zero-order valence-corrected chi connectivity index (χ0v) is 9.85. The van der Waals surface area contributed by atoms with Gasteiger partial charge in [-0.25, -0.2) is 0 Å². The Balaban J connectivity index is 2.06. The molecule has 86 valence electrons. The van der Waals surface area contributed by atoms with Crippen molar-refractivity contribution in [2.24, 2.45) is 5.92 Å². The van der Waals surface area contributed by atoms with Crippen molar-refractivity contribution in [1.29, 1.82) is 0 Å². The summed E-state index contributed by atoms with van der Waals surface area (Å²) in [7, 11) is 0. The molecule has 0 spiro atoms. The summed E-state index contributed by atoms with van der Waals surface area (Å²) in [6.07, 6.45) is 2.74. The number of carbonyl (C=O) groups is 1. The Bertz CT molecular complexity index is 346. The number of benzene rings is 1. The lowest BCUT2D eigenvalue weighted by Crippen LogP contribution is -2.28. The third-order valence-corrected chi connectivity index (χ3v) is 3.11. The molecule has 2 rings (SSSR count). The van der Waals surface area contributed by atoms with Gasteiger partial charge in [-0.15, -0.1) is 0 Å². The van der Waals surface area contributed by atoms with Crippen LogP contribution >= 0.6 is 0 Å². The van der Waals surface area contributed by atoms with Crippen molar-refractivity contribution in [1.82, 2.24) is 0 Å². The Kier molecular flexibility index (Phi) is 3.39. The first-order valence-electron chi connectivity index (χ1n) is 5.88. The fourth-order valence-corrected chi connectivity index (χ4v) is 2.39. The fraction of sp³-hybridized carbons (Fsp3) is 0.500.